The third-order valence-electron chi connectivity index (χ3n) is 4.93. The summed E-state index contributed by atoms with van der Waals surface area (Å²) in [6.45, 7) is 5.90. The lowest BCUT2D eigenvalue weighted by molar-refractivity contribution is -0.126. The molecule has 2 heterocycles. The van der Waals surface area contributed by atoms with Crippen molar-refractivity contribution in [3.05, 3.63) is 0 Å². The maximum Gasteiger partial charge on any atom is 0.223 e. The van der Waals surface area contributed by atoms with Gasteiger partial charge in [-0.3, -0.25) is 9.69 Å². The first kappa shape index (κ1) is 17.7. The summed E-state index contributed by atoms with van der Waals surface area (Å²) in [7, 11) is -3.12. The Bertz CT molecular complexity index is 472. The summed E-state index contributed by atoms with van der Waals surface area (Å²) in [5, 5.41) is 3.03. The van der Waals surface area contributed by atoms with Crippen molar-refractivity contribution < 1.29 is 13.2 Å². The molecule has 0 aromatic rings. The van der Waals surface area contributed by atoms with Gasteiger partial charge in [0.2, 0.25) is 15.9 Å². The van der Waals surface area contributed by atoms with Crippen LogP contribution in [0.25, 0.3) is 0 Å². The molecule has 0 aromatic carbocycles. The number of carbonyl (C=O) groups excluding carboxylic acids is 1. The van der Waals surface area contributed by atoms with E-state index in [2.05, 4.69) is 17.1 Å². The quantitative estimate of drug-likeness (QED) is 0.803. The highest BCUT2D eigenvalue weighted by molar-refractivity contribution is 7.88. The molecule has 2 fully saturated rings. The fourth-order valence-corrected chi connectivity index (χ4v) is 4.28. The molecule has 2 aliphatic heterocycles. The average Bonchev–Trinajstić information content (AvgIpc) is 2.48. The molecule has 1 atom stereocenters. The van der Waals surface area contributed by atoms with Gasteiger partial charge in [-0.1, -0.05) is 6.42 Å². The molecule has 0 saturated carbocycles. The van der Waals surface area contributed by atoms with Crippen molar-refractivity contribution in [1.82, 2.24) is 14.5 Å². The largest absolute Gasteiger partial charge is 0.355 e. The van der Waals surface area contributed by atoms with Crippen molar-refractivity contribution in [3.8, 4) is 0 Å². The number of nitrogens with one attached hydrogen (secondary N) is 1. The molecule has 0 aromatic heterocycles. The lowest BCUT2D eigenvalue weighted by Crippen LogP contribution is -2.45. The fraction of sp³-hybridized carbons (Fsp3) is 0.933. The van der Waals surface area contributed by atoms with Crippen molar-refractivity contribution in [3.63, 3.8) is 0 Å². The highest BCUT2D eigenvalue weighted by Crippen LogP contribution is 2.19. The SMILES string of the molecule is C[C@@H]1CCCCN1CCNC(=O)C1CCN(S(C)(=O)=O)CC1. The Hall–Kier alpha value is -0.660. The number of hydrogen-bond acceptors (Lipinski definition) is 4. The Labute approximate surface area is 134 Å². The highest BCUT2D eigenvalue weighted by atomic mass is 32.2. The molecule has 0 unspecified atom stereocenters. The maximum absolute atomic E-state index is 12.2. The molecule has 0 radical (unpaired) electrons. The van der Waals surface area contributed by atoms with Crippen LogP contribution in [-0.4, -0.2) is 68.6 Å². The van der Waals surface area contributed by atoms with E-state index in [1.165, 1.54) is 29.8 Å². The molecule has 2 rings (SSSR count). The number of amides is 1. The number of hydrogen-bond donors (Lipinski definition) is 1. The summed E-state index contributed by atoms with van der Waals surface area (Å²) < 4.78 is 24.4. The lowest BCUT2D eigenvalue weighted by atomic mass is 9.97. The lowest BCUT2D eigenvalue weighted by Gasteiger charge is -2.33. The van der Waals surface area contributed by atoms with Crippen LogP contribution in [0.4, 0.5) is 0 Å². The van der Waals surface area contributed by atoms with E-state index in [0.717, 1.165) is 13.1 Å². The zero-order chi connectivity index (χ0) is 16.2. The van der Waals surface area contributed by atoms with Crippen molar-refractivity contribution in [2.24, 2.45) is 5.92 Å². The second-order valence-electron chi connectivity index (χ2n) is 6.61. The molecule has 0 aliphatic carbocycles. The fourth-order valence-electron chi connectivity index (χ4n) is 3.41. The number of carbonyl (C=O) groups is 1. The molecular formula is C15H29N3O3S. The van der Waals surface area contributed by atoms with E-state index < -0.39 is 10.0 Å². The normalized spacial score (nSPS) is 26.0. The number of nitrogens with zero attached hydrogens (tertiary/aromatic N) is 2. The van der Waals surface area contributed by atoms with Gasteiger partial charge in [-0.15, -0.1) is 0 Å². The smallest absolute Gasteiger partial charge is 0.223 e. The highest BCUT2D eigenvalue weighted by Gasteiger charge is 2.28. The van der Waals surface area contributed by atoms with E-state index in [4.69, 9.17) is 0 Å². The Balaban J connectivity index is 1.68. The minimum atomic E-state index is -3.12. The number of sulfonamides is 1. The molecule has 0 bridgehead atoms. The molecule has 7 heteroatoms. The predicted molar refractivity (Wildman–Crippen MR) is 87.0 cm³/mol. The van der Waals surface area contributed by atoms with Crippen molar-refractivity contribution in [2.75, 3.05) is 39.0 Å². The van der Waals surface area contributed by atoms with Gasteiger partial charge in [0.05, 0.1) is 6.26 Å². The summed E-state index contributed by atoms with van der Waals surface area (Å²) in [5.74, 6) is 0.0367. The van der Waals surface area contributed by atoms with Gasteiger partial charge in [0.15, 0.2) is 0 Å². The number of piperidine rings is 2. The summed E-state index contributed by atoms with van der Waals surface area (Å²) in [5.41, 5.74) is 0. The van der Waals surface area contributed by atoms with Crippen molar-refractivity contribution >= 4 is 15.9 Å². The summed E-state index contributed by atoms with van der Waals surface area (Å²) >= 11 is 0. The molecule has 2 aliphatic rings. The van der Waals surface area contributed by atoms with Crippen LogP contribution in [0.5, 0.6) is 0 Å². The standard InChI is InChI=1S/C15H29N3O3S/c1-13-5-3-4-9-17(13)12-8-16-15(19)14-6-10-18(11-7-14)22(2,20)21/h13-14H,3-12H2,1-2H3,(H,16,19)/t13-/m1/s1. The minimum Gasteiger partial charge on any atom is -0.355 e. The van der Waals surface area contributed by atoms with Crippen LogP contribution in [-0.2, 0) is 14.8 Å². The van der Waals surface area contributed by atoms with Crippen LogP contribution in [0, 0.1) is 5.92 Å². The summed E-state index contributed by atoms with van der Waals surface area (Å²) in [6.07, 6.45) is 6.29. The van der Waals surface area contributed by atoms with Gasteiger partial charge in [0, 0.05) is 38.1 Å². The first-order valence-corrected chi connectivity index (χ1v) is 10.2. The second kappa shape index (κ2) is 7.75. The first-order chi connectivity index (χ1) is 10.4. The van der Waals surface area contributed by atoms with Gasteiger partial charge < -0.3 is 5.32 Å². The Morgan fingerprint density at radius 2 is 1.82 bits per heavy atom. The molecule has 1 amide bonds. The van der Waals surface area contributed by atoms with Crippen LogP contribution in [0.2, 0.25) is 0 Å². The second-order valence-corrected chi connectivity index (χ2v) is 8.59. The third kappa shape index (κ3) is 4.93. The predicted octanol–water partition coefficient (Wildman–Crippen LogP) is 0.649. The van der Waals surface area contributed by atoms with E-state index >= 15 is 0 Å². The van der Waals surface area contributed by atoms with Crippen molar-refractivity contribution in [2.45, 2.75) is 45.1 Å². The first-order valence-electron chi connectivity index (χ1n) is 8.35. The molecule has 6 nitrogen and oxygen atoms in total. The van der Waals surface area contributed by atoms with E-state index in [0.29, 0.717) is 38.5 Å². The van der Waals surface area contributed by atoms with Crippen LogP contribution < -0.4 is 5.32 Å². The summed E-state index contributed by atoms with van der Waals surface area (Å²) in [4.78, 5) is 14.6. The van der Waals surface area contributed by atoms with Crippen LogP contribution in [0.15, 0.2) is 0 Å². The molecule has 0 spiro atoms. The zero-order valence-electron chi connectivity index (χ0n) is 13.8. The molecule has 1 N–H and O–H groups in total. The van der Waals surface area contributed by atoms with E-state index in [9.17, 15) is 13.2 Å². The number of rotatable bonds is 5. The van der Waals surface area contributed by atoms with Gasteiger partial charge in [-0.05, 0) is 39.2 Å². The molecule has 2 saturated heterocycles. The molecule has 128 valence electrons. The maximum atomic E-state index is 12.2. The number of likely N-dealkylation sites (tertiary alicyclic amines) is 1. The van der Waals surface area contributed by atoms with Crippen LogP contribution >= 0.6 is 0 Å². The van der Waals surface area contributed by atoms with Gasteiger partial charge in [0.1, 0.15) is 0 Å². The average molecular weight is 331 g/mol. The van der Waals surface area contributed by atoms with Gasteiger partial charge in [0.25, 0.3) is 0 Å². The zero-order valence-corrected chi connectivity index (χ0v) is 14.6. The van der Waals surface area contributed by atoms with E-state index in [1.54, 1.807) is 0 Å². The van der Waals surface area contributed by atoms with Crippen LogP contribution in [0.3, 0.4) is 0 Å². The Kier molecular flexibility index (Phi) is 6.23. The van der Waals surface area contributed by atoms with E-state index in [-0.39, 0.29) is 11.8 Å². The Morgan fingerprint density at radius 1 is 1.14 bits per heavy atom. The van der Waals surface area contributed by atoms with Gasteiger partial charge in [-0.25, -0.2) is 12.7 Å². The molecular weight excluding hydrogens is 302 g/mol. The minimum absolute atomic E-state index is 0.0446. The van der Waals surface area contributed by atoms with E-state index in [1.807, 2.05) is 0 Å². The van der Waals surface area contributed by atoms with Gasteiger partial charge >= 0.3 is 0 Å². The van der Waals surface area contributed by atoms with Gasteiger partial charge in [-0.2, -0.15) is 0 Å². The third-order valence-corrected chi connectivity index (χ3v) is 6.24. The Morgan fingerprint density at radius 3 is 2.41 bits per heavy atom. The van der Waals surface area contributed by atoms with Crippen molar-refractivity contribution in [1.29, 1.82) is 0 Å². The molecule has 22 heavy (non-hydrogen) atoms. The summed E-state index contributed by atoms with van der Waals surface area (Å²) in [6, 6.07) is 0.614. The monoisotopic (exact) mass is 331 g/mol. The topological polar surface area (TPSA) is 69.7 Å². The van der Waals surface area contributed by atoms with Crippen LogP contribution in [0.1, 0.15) is 39.0 Å².